The Labute approximate surface area is 150 Å². The van der Waals surface area contributed by atoms with Crippen molar-refractivity contribution in [1.82, 2.24) is 4.90 Å². The normalized spacial score (nSPS) is 11.2. The van der Waals surface area contributed by atoms with Crippen LogP contribution in [0.4, 0.5) is 13.2 Å². The van der Waals surface area contributed by atoms with E-state index < -0.39 is 17.6 Å². The Balaban J connectivity index is 2.32. The van der Waals surface area contributed by atoms with Gasteiger partial charge in [-0.25, -0.2) is 0 Å². The fourth-order valence-corrected chi connectivity index (χ4v) is 2.69. The zero-order valence-electron chi connectivity index (χ0n) is 15.0. The van der Waals surface area contributed by atoms with Gasteiger partial charge in [-0.15, -0.1) is 0 Å². The van der Waals surface area contributed by atoms with E-state index in [2.05, 4.69) is 0 Å². The van der Waals surface area contributed by atoms with Crippen LogP contribution in [0.2, 0.25) is 0 Å². The second-order valence-corrected chi connectivity index (χ2v) is 5.82. The van der Waals surface area contributed by atoms with Crippen LogP contribution in [0, 0.1) is 6.92 Å². The molecule has 0 N–H and O–H groups in total. The molecule has 0 aliphatic carbocycles. The van der Waals surface area contributed by atoms with Crippen molar-refractivity contribution in [3.63, 3.8) is 0 Å². The van der Waals surface area contributed by atoms with Crippen molar-refractivity contribution in [2.45, 2.75) is 19.6 Å². The van der Waals surface area contributed by atoms with Crippen molar-refractivity contribution in [1.29, 1.82) is 0 Å². The second-order valence-electron chi connectivity index (χ2n) is 5.82. The first-order chi connectivity index (χ1) is 12.2. The lowest BCUT2D eigenvalue weighted by molar-refractivity contribution is -0.138. The Morgan fingerprint density at radius 1 is 1.08 bits per heavy atom. The number of carbonyl (C=O) groups is 1. The quantitative estimate of drug-likeness (QED) is 0.791. The van der Waals surface area contributed by atoms with Gasteiger partial charge in [0, 0.05) is 24.7 Å². The van der Waals surface area contributed by atoms with Crippen LogP contribution >= 0.6 is 0 Å². The number of ether oxygens (including phenoxy) is 2. The Hall–Kier alpha value is -2.70. The van der Waals surface area contributed by atoms with Crippen molar-refractivity contribution in [3.8, 4) is 11.5 Å². The maximum atomic E-state index is 13.1. The summed E-state index contributed by atoms with van der Waals surface area (Å²) in [5, 5.41) is 0. The third-order valence-corrected chi connectivity index (χ3v) is 4.08. The molecule has 2 aromatic rings. The third kappa shape index (κ3) is 4.09. The molecule has 0 unspecified atom stereocenters. The summed E-state index contributed by atoms with van der Waals surface area (Å²) in [7, 11) is 4.40. The van der Waals surface area contributed by atoms with Gasteiger partial charge < -0.3 is 14.4 Å². The van der Waals surface area contributed by atoms with Gasteiger partial charge in [-0.2, -0.15) is 13.2 Å². The van der Waals surface area contributed by atoms with Gasteiger partial charge in [-0.05, 0) is 30.7 Å². The maximum absolute atomic E-state index is 13.1. The standard InChI is InChI=1S/C19H20F3NO3/c1-12-16(25-3)9-14(10-17(12)26-4)18(24)23(2)11-13-7-5-6-8-15(13)19(20,21)22/h5-10H,11H2,1-4H3. The van der Waals surface area contributed by atoms with Crippen molar-refractivity contribution in [2.75, 3.05) is 21.3 Å². The van der Waals surface area contributed by atoms with E-state index >= 15 is 0 Å². The highest BCUT2D eigenvalue weighted by molar-refractivity contribution is 5.95. The molecule has 7 heteroatoms. The van der Waals surface area contributed by atoms with Crippen LogP contribution in [-0.4, -0.2) is 32.1 Å². The first kappa shape index (κ1) is 19.6. The third-order valence-electron chi connectivity index (χ3n) is 4.08. The number of alkyl halides is 3. The molecule has 0 radical (unpaired) electrons. The number of nitrogens with zero attached hydrogens (tertiary/aromatic N) is 1. The lowest BCUT2D eigenvalue weighted by Crippen LogP contribution is -2.27. The summed E-state index contributed by atoms with van der Waals surface area (Å²) in [6.45, 7) is 1.61. The van der Waals surface area contributed by atoms with Gasteiger partial charge >= 0.3 is 6.18 Å². The van der Waals surface area contributed by atoms with Crippen molar-refractivity contribution in [3.05, 3.63) is 58.7 Å². The SMILES string of the molecule is COc1cc(C(=O)N(C)Cc2ccccc2C(F)(F)F)cc(OC)c1C. The van der Waals surface area contributed by atoms with Gasteiger partial charge in [0.25, 0.3) is 5.91 Å². The molecule has 0 heterocycles. The van der Waals surface area contributed by atoms with Crippen molar-refractivity contribution in [2.24, 2.45) is 0 Å². The molecule has 26 heavy (non-hydrogen) atoms. The Kier molecular flexibility index (Phi) is 5.79. The number of benzene rings is 2. The molecule has 140 valence electrons. The van der Waals surface area contributed by atoms with Crippen LogP contribution in [-0.2, 0) is 12.7 Å². The summed E-state index contributed by atoms with van der Waals surface area (Å²) in [5.74, 6) is 0.507. The molecule has 0 aromatic heterocycles. The topological polar surface area (TPSA) is 38.8 Å². The molecular weight excluding hydrogens is 347 g/mol. The monoisotopic (exact) mass is 367 g/mol. The van der Waals surface area contributed by atoms with Gasteiger partial charge in [0.2, 0.25) is 0 Å². The lowest BCUT2D eigenvalue weighted by Gasteiger charge is -2.21. The van der Waals surface area contributed by atoms with Crippen LogP contribution in [0.25, 0.3) is 0 Å². The van der Waals surface area contributed by atoms with E-state index in [0.29, 0.717) is 11.5 Å². The first-order valence-corrected chi connectivity index (χ1v) is 7.82. The Morgan fingerprint density at radius 2 is 1.62 bits per heavy atom. The molecule has 0 atom stereocenters. The number of rotatable bonds is 5. The molecule has 0 aliphatic heterocycles. The molecule has 0 bridgehead atoms. The van der Waals surface area contributed by atoms with E-state index in [1.165, 1.54) is 44.4 Å². The molecule has 2 aromatic carbocycles. The van der Waals surface area contributed by atoms with E-state index in [0.717, 1.165) is 11.6 Å². The fraction of sp³-hybridized carbons (Fsp3) is 0.316. The first-order valence-electron chi connectivity index (χ1n) is 7.82. The highest BCUT2D eigenvalue weighted by Gasteiger charge is 2.33. The van der Waals surface area contributed by atoms with Crippen LogP contribution in [0.3, 0.4) is 0 Å². The smallest absolute Gasteiger partial charge is 0.416 e. The fourth-order valence-electron chi connectivity index (χ4n) is 2.69. The van der Waals surface area contributed by atoms with E-state index in [1.807, 2.05) is 0 Å². The summed E-state index contributed by atoms with van der Waals surface area (Å²) >= 11 is 0. The number of halogens is 3. The highest BCUT2D eigenvalue weighted by Crippen LogP contribution is 2.33. The van der Waals surface area contributed by atoms with Crippen LogP contribution < -0.4 is 9.47 Å². The minimum atomic E-state index is -4.48. The lowest BCUT2D eigenvalue weighted by atomic mass is 10.1. The van der Waals surface area contributed by atoms with Crippen molar-refractivity contribution < 1.29 is 27.4 Å². The van der Waals surface area contributed by atoms with Crippen LogP contribution in [0.1, 0.15) is 27.0 Å². The minimum Gasteiger partial charge on any atom is -0.496 e. The van der Waals surface area contributed by atoms with Crippen LogP contribution in [0.15, 0.2) is 36.4 Å². The maximum Gasteiger partial charge on any atom is 0.416 e. The van der Waals surface area contributed by atoms with Crippen molar-refractivity contribution >= 4 is 5.91 Å². The largest absolute Gasteiger partial charge is 0.496 e. The molecule has 4 nitrogen and oxygen atoms in total. The molecular formula is C19H20F3NO3. The molecule has 0 aliphatic rings. The summed E-state index contributed by atoms with van der Waals surface area (Å²) in [5.41, 5.74) is 0.286. The molecule has 1 amide bonds. The van der Waals surface area contributed by atoms with Gasteiger partial charge in [-0.3, -0.25) is 4.79 Å². The predicted molar refractivity (Wildman–Crippen MR) is 91.5 cm³/mol. The summed E-state index contributed by atoms with van der Waals surface area (Å²) in [6, 6.07) is 8.30. The van der Waals surface area contributed by atoms with Gasteiger partial charge in [0.1, 0.15) is 11.5 Å². The van der Waals surface area contributed by atoms with E-state index in [4.69, 9.17) is 9.47 Å². The average molecular weight is 367 g/mol. The number of methoxy groups -OCH3 is 2. The number of carbonyl (C=O) groups excluding carboxylic acids is 1. The number of hydrogen-bond donors (Lipinski definition) is 0. The zero-order chi connectivity index (χ0) is 19.5. The van der Waals surface area contributed by atoms with Crippen LogP contribution in [0.5, 0.6) is 11.5 Å². The molecule has 2 rings (SSSR count). The molecule has 0 spiro atoms. The molecule has 0 saturated heterocycles. The molecule has 0 fully saturated rings. The number of hydrogen-bond acceptors (Lipinski definition) is 3. The Morgan fingerprint density at radius 3 is 2.12 bits per heavy atom. The molecule has 0 saturated carbocycles. The van der Waals surface area contributed by atoms with Gasteiger partial charge in [-0.1, -0.05) is 18.2 Å². The average Bonchev–Trinajstić information content (AvgIpc) is 2.60. The van der Waals surface area contributed by atoms with E-state index in [-0.39, 0.29) is 17.7 Å². The van der Waals surface area contributed by atoms with Gasteiger partial charge in [0.05, 0.1) is 19.8 Å². The minimum absolute atomic E-state index is 0.0295. The van der Waals surface area contributed by atoms with Gasteiger partial charge in [0.15, 0.2) is 0 Å². The summed E-state index contributed by atoms with van der Waals surface area (Å²) in [6.07, 6.45) is -4.48. The van der Waals surface area contributed by atoms with E-state index in [9.17, 15) is 18.0 Å². The summed E-state index contributed by atoms with van der Waals surface area (Å²) in [4.78, 5) is 13.9. The zero-order valence-corrected chi connectivity index (χ0v) is 15.0. The Bertz CT molecular complexity index is 778. The predicted octanol–water partition coefficient (Wildman–Crippen LogP) is 4.30. The highest BCUT2D eigenvalue weighted by atomic mass is 19.4. The number of amides is 1. The van der Waals surface area contributed by atoms with E-state index in [1.54, 1.807) is 19.1 Å². The summed E-state index contributed by atoms with van der Waals surface area (Å²) < 4.78 is 49.9. The second kappa shape index (κ2) is 7.68.